The van der Waals surface area contributed by atoms with Crippen molar-refractivity contribution in [1.29, 1.82) is 0 Å². The molecule has 1 heterocycles. The lowest BCUT2D eigenvalue weighted by molar-refractivity contribution is -0.129. The van der Waals surface area contributed by atoms with Crippen LogP contribution in [0.3, 0.4) is 0 Å². The van der Waals surface area contributed by atoms with Crippen molar-refractivity contribution in [3.63, 3.8) is 0 Å². The van der Waals surface area contributed by atoms with Gasteiger partial charge in [0.15, 0.2) is 11.6 Å². The highest BCUT2D eigenvalue weighted by Gasteiger charge is 2.54. The first-order valence-electron chi connectivity index (χ1n) is 14.5. The Morgan fingerprint density at radius 2 is 1.72 bits per heavy atom. The van der Waals surface area contributed by atoms with E-state index in [0.29, 0.717) is 45.5 Å². The molecular formula is C34H30BrF2N5O4. The number of hydrogen-bond acceptors (Lipinski definition) is 6. The van der Waals surface area contributed by atoms with Gasteiger partial charge in [-0.2, -0.15) is 0 Å². The standard InChI is InChI=1S/C34H30BrF2N5O4/c35-28-10-4-3-9-26(28)31-34(19-23-7-1-2-8-24(23)20-40-42-38,33(44)39-21-27-29(36)11-5-12-30(27)37)41-32(46-31)22-13-15-25(16-14-22)45-18-6-17-43/h1-5,7-16,31,43H,6,17-21H2,(H,39,44)/t31-,34-/m1/s1. The minimum absolute atomic E-state index is 0.00750. The topological polar surface area (TPSA) is 129 Å². The van der Waals surface area contributed by atoms with Gasteiger partial charge in [-0.05, 0) is 59.1 Å². The van der Waals surface area contributed by atoms with Crippen LogP contribution in [0.1, 0.15) is 40.3 Å². The van der Waals surface area contributed by atoms with Gasteiger partial charge in [0.1, 0.15) is 17.4 Å². The smallest absolute Gasteiger partial charge is 0.252 e. The van der Waals surface area contributed by atoms with Crippen LogP contribution in [-0.4, -0.2) is 35.7 Å². The maximum atomic E-state index is 14.6. The van der Waals surface area contributed by atoms with E-state index in [-0.39, 0.29) is 31.0 Å². The fourth-order valence-electron chi connectivity index (χ4n) is 5.25. The van der Waals surface area contributed by atoms with E-state index in [1.807, 2.05) is 30.3 Å². The van der Waals surface area contributed by atoms with Crippen molar-refractivity contribution >= 4 is 27.7 Å². The molecule has 1 aliphatic rings. The maximum Gasteiger partial charge on any atom is 0.252 e. The molecule has 0 fully saturated rings. The van der Waals surface area contributed by atoms with Gasteiger partial charge in [0.25, 0.3) is 5.91 Å². The molecule has 5 rings (SSSR count). The first kappa shape index (κ1) is 32.6. The number of halogens is 3. The summed E-state index contributed by atoms with van der Waals surface area (Å²) in [5.41, 5.74) is 9.61. The molecule has 0 saturated carbocycles. The summed E-state index contributed by atoms with van der Waals surface area (Å²) in [5, 5.41) is 15.5. The third-order valence-electron chi connectivity index (χ3n) is 7.59. The van der Waals surface area contributed by atoms with E-state index in [1.54, 1.807) is 42.5 Å². The van der Waals surface area contributed by atoms with Gasteiger partial charge < -0.3 is 19.9 Å². The summed E-state index contributed by atoms with van der Waals surface area (Å²) in [6.07, 6.45) is -0.481. The third kappa shape index (κ3) is 7.20. The van der Waals surface area contributed by atoms with Crippen molar-refractivity contribution in [2.75, 3.05) is 13.2 Å². The number of ether oxygens (including phenoxy) is 2. The number of aliphatic hydroxyl groups is 1. The number of aliphatic imine (C=N–C) groups is 1. The fraction of sp³-hybridized carbons (Fsp3) is 0.235. The Labute approximate surface area is 272 Å². The van der Waals surface area contributed by atoms with E-state index >= 15 is 0 Å². The number of azide groups is 1. The van der Waals surface area contributed by atoms with Crippen LogP contribution in [0.15, 0.2) is 106 Å². The highest BCUT2D eigenvalue weighted by atomic mass is 79.9. The Morgan fingerprint density at radius 3 is 2.41 bits per heavy atom. The highest BCUT2D eigenvalue weighted by Crippen LogP contribution is 2.45. The molecule has 0 bridgehead atoms. The number of aliphatic hydroxyl groups excluding tert-OH is 1. The van der Waals surface area contributed by atoms with Gasteiger partial charge in [0.05, 0.1) is 13.2 Å². The van der Waals surface area contributed by atoms with Crippen molar-refractivity contribution in [1.82, 2.24) is 5.32 Å². The minimum atomic E-state index is -1.66. The second-order valence-electron chi connectivity index (χ2n) is 10.5. The number of amides is 1. The molecule has 0 aliphatic carbocycles. The largest absolute Gasteiger partial charge is 0.494 e. The number of carbonyl (C=O) groups excluding carboxylic acids is 1. The molecule has 46 heavy (non-hydrogen) atoms. The van der Waals surface area contributed by atoms with Crippen LogP contribution in [0.25, 0.3) is 10.4 Å². The van der Waals surface area contributed by atoms with Gasteiger partial charge in [0, 0.05) is 52.1 Å². The number of rotatable bonds is 13. The van der Waals surface area contributed by atoms with Crippen LogP contribution >= 0.6 is 15.9 Å². The summed E-state index contributed by atoms with van der Waals surface area (Å²) in [5.74, 6) is -1.42. The Kier molecular flexibility index (Phi) is 10.6. The molecule has 0 radical (unpaired) electrons. The molecule has 2 atom stereocenters. The second kappa shape index (κ2) is 15.0. The molecule has 2 N–H and O–H groups in total. The molecule has 1 aliphatic heterocycles. The van der Waals surface area contributed by atoms with Crippen LogP contribution in [0, 0.1) is 11.6 Å². The molecule has 4 aromatic carbocycles. The summed E-state index contributed by atoms with van der Waals surface area (Å²) in [7, 11) is 0. The van der Waals surface area contributed by atoms with Gasteiger partial charge in [-0.3, -0.25) is 4.79 Å². The Morgan fingerprint density at radius 1 is 1.02 bits per heavy atom. The van der Waals surface area contributed by atoms with E-state index in [2.05, 4.69) is 31.3 Å². The van der Waals surface area contributed by atoms with Crippen molar-refractivity contribution in [3.8, 4) is 5.75 Å². The molecule has 9 nitrogen and oxygen atoms in total. The summed E-state index contributed by atoms with van der Waals surface area (Å²) in [4.78, 5) is 22.3. The van der Waals surface area contributed by atoms with Crippen LogP contribution < -0.4 is 10.1 Å². The second-order valence-corrected chi connectivity index (χ2v) is 11.4. The number of carbonyl (C=O) groups is 1. The summed E-state index contributed by atoms with van der Waals surface area (Å²) >= 11 is 3.60. The molecule has 12 heteroatoms. The fourth-order valence-corrected chi connectivity index (χ4v) is 5.74. The normalized spacial score (nSPS) is 17.0. The van der Waals surface area contributed by atoms with Gasteiger partial charge in [-0.1, -0.05) is 69.6 Å². The van der Waals surface area contributed by atoms with Crippen LogP contribution in [0.2, 0.25) is 0 Å². The van der Waals surface area contributed by atoms with Crippen LogP contribution in [-0.2, 0) is 29.0 Å². The molecular weight excluding hydrogens is 660 g/mol. The van der Waals surface area contributed by atoms with Crippen molar-refractivity contribution in [2.45, 2.75) is 37.6 Å². The molecule has 1 amide bonds. The van der Waals surface area contributed by atoms with E-state index in [0.717, 1.165) is 12.1 Å². The molecule has 4 aromatic rings. The lowest BCUT2D eigenvalue weighted by Crippen LogP contribution is -2.50. The predicted molar refractivity (Wildman–Crippen MR) is 172 cm³/mol. The quantitative estimate of drug-likeness (QED) is 0.0671. The predicted octanol–water partition coefficient (Wildman–Crippen LogP) is 7.11. The summed E-state index contributed by atoms with van der Waals surface area (Å²) in [6, 6.07) is 25.0. The first-order chi connectivity index (χ1) is 22.4. The first-order valence-corrected chi connectivity index (χ1v) is 15.3. The molecule has 0 spiro atoms. The third-order valence-corrected chi connectivity index (χ3v) is 8.31. The average molecular weight is 691 g/mol. The van der Waals surface area contributed by atoms with Gasteiger partial charge in [-0.15, -0.1) is 0 Å². The van der Waals surface area contributed by atoms with Crippen molar-refractivity contribution in [2.24, 2.45) is 10.1 Å². The Balaban J connectivity index is 1.62. The molecule has 0 aromatic heterocycles. The van der Waals surface area contributed by atoms with Crippen LogP contribution in [0.5, 0.6) is 5.75 Å². The zero-order valence-electron chi connectivity index (χ0n) is 24.6. The molecule has 0 unspecified atom stereocenters. The molecule has 236 valence electrons. The average Bonchev–Trinajstić information content (AvgIpc) is 3.44. The lowest BCUT2D eigenvalue weighted by atomic mass is 9.81. The van der Waals surface area contributed by atoms with Crippen LogP contribution in [0.4, 0.5) is 8.78 Å². The molecule has 0 saturated heterocycles. The van der Waals surface area contributed by atoms with E-state index in [9.17, 15) is 13.6 Å². The Hall–Kier alpha value is -4.77. The zero-order chi connectivity index (χ0) is 32.5. The number of benzene rings is 4. The van der Waals surface area contributed by atoms with Crippen molar-refractivity contribution in [3.05, 3.63) is 145 Å². The Bertz CT molecular complexity index is 1760. The SMILES string of the molecule is [N-]=[N+]=NCc1ccccc1C[C@@]1(C(=O)NCc2c(F)cccc2F)N=C(c2ccc(OCCCO)cc2)O[C@@H]1c1ccccc1Br. The number of nitrogens with zero attached hydrogens (tertiary/aromatic N) is 4. The van der Waals surface area contributed by atoms with E-state index in [1.165, 1.54) is 6.07 Å². The van der Waals surface area contributed by atoms with E-state index in [4.69, 9.17) is 25.1 Å². The minimum Gasteiger partial charge on any atom is -0.494 e. The van der Waals surface area contributed by atoms with Gasteiger partial charge in [-0.25, -0.2) is 13.8 Å². The zero-order valence-corrected chi connectivity index (χ0v) is 26.2. The van der Waals surface area contributed by atoms with Crippen molar-refractivity contribution < 1.29 is 28.2 Å². The summed E-state index contributed by atoms with van der Waals surface area (Å²) < 4.78 is 42.0. The lowest BCUT2D eigenvalue weighted by Gasteiger charge is -2.32. The highest BCUT2D eigenvalue weighted by molar-refractivity contribution is 9.10. The van der Waals surface area contributed by atoms with Gasteiger partial charge >= 0.3 is 0 Å². The summed E-state index contributed by atoms with van der Waals surface area (Å²) in [6.45, 7) is -0.0239. The number of nitrogens with one attached hydrogen (secondary N) is 1. The van der Waals surface area contributed by atoms with Gasteiger partial charge in [0.2, 0.25) is 5.90 Å². The maximum absolute atomic E-state index is 14.6. The van der Waals surface area contributed by atoms with E-state index < -0.39 is 35.7 Å². The number of hydrogen-bond donors (Lipinski definition) is 2. The monoisotopic (exact) mass is 689 g/mol.